The molecule has 0 aromatic carbocycles. The molecule has 4 nitrogen and oxygen atoms in total. The molecule has 92 valence electrons. The Morgan fingerprint density at radius 3 is 2.76 bits per heavy atom. The van der Waals surface area contributed by atoms with Gasteiger partial charge in [-0.1, -0.05) is 18.9 Å². The number of carbonyl (C=O) groups is 1. The number of aromatic nitrogens is 1. The summed E-state index contributed by atoms with van der Waals surface area (Å²) in [6.45, 7) is -0.0892. The summed E-state index contributed by atoms with van der Waals surface area (Å²) >= 11 is 0. The highest BCUT2D eigenvalue weighted by Crippen LogP contribution is 2.29. The number of hydrogen-bond acceptors (Lipinski definition) is 3. The molecule has 1 amide bonds. The van der Waals surface area contributed by atoms with Gasteiger partial charge in [0, 0.05) is 0 Å². The van der Waals surface area contributed by atoms with Crippen LogP contribution >= 0.6 is 0 Å². The quantitative estimate of drug-likeness (QED) is 0.779. The normalized spacial score (nSPS) is 18.0. The van der Waals surface area contributed by atoms with Crippen LogP contribution in [0.5, 0.6) is 0 Å². The van der Waals surface area contributed by atoms with Crippen molar-refractivity contribution in [1.82, 2.24) is 10.3 Å². The minimum Gasteiger partial charge on any atom is -0.394 e. The lowest BCUT2D eigenvalue weighted by atomic mass is 9.98. The number of amides is 1. The van der Waals surface area contributed by atoms with E-state index in [9.17, 15) is 14.3 Å². The summed E-state index contributed by atoms with van der Waals surface area (Å²) in [7, 11) is 0. The second-order valence-electron chi connectivity index (χ2n) is 4.45. The van der Waals surface area contributed by atoms with E-state index in [-0.39, 0.29) is 12.3 Å². The van der Waals surface area contributed by atoms with E-state index in [1.54, 1.807) is 0 Å². The lowest BCUT2D eigenvalue weighted by Gasteiger charge is -2.27. The molecule has 0 atom stereocenters. The SMILES string of the molecule is O=C(NC1(CO)CCCC1)c1cccc(F)n1. The van der Waals surface area contributed by atoms with Crippen LogP contribution in [0.3, 0.4) is 0 Å². The average molecular weight is 238 g/mol. The molecule has 0 unspecified atom stereocenters. The Morgan fingerprint density at radius 1 is 1.47 bits per heavy atom. The van der Waals surface area contributed by atoms with E-state index in [4.69, 9.17) is 0 Å². The third-order valence-corrected chi connectivity index (χ3v) is 3.19. The summed E-state index contributed by atoms with van der Waals surface area (Å²) in [5, 5.41) is 12.1. The zero-order chi connectivity index (χ0) is 12.3. The second kappa shape index (κ2) is 4.79. The molecule has 1 fully saturated rings. The molecule has 2 N–H and O–H groups in total. The Morgan fingerprint density at radius 2 is 2.18 bits per heavy atom. The van der Waals surface area contributed by atoms with E-state index in [0.29, 0.717) is 0 Å². The Hall–Kier alpha value is -1.49. The molecule has 1 saturated carbocycles. The lowest BCUT2D eigenvalue weighted by Crippen LogP contribution is -2.49. The summed E-state index contributed by atoms with van der Waals surface area (Å²) in [4.78, 5) is 15.4. The summed E-state index contributed by atoms with van der Waals surface area (Å²) < 4.78 is 12.9. The van der Waals surface area contributed by atoms with Gasteiger partial charge in [-0.2, -0.15) is 4.39 Å². The highest BCUT2D eigenvalue weighted by atomic mass is 19.1. The fourth-order valence-electron chi connectivity index (χ4n) is 2.21. The molecule has 0 saturated heterocycles. The van der Waals surface area contributed by atoms with Crippen molar-refractivity contribution in [2.75, 3.05) is 6.61 Å². The molecule has 5 heteroatoms. The summed E-state index contributed by atoms with van der Waals surface area (Å²) in [6, 6.07) is 4.09. The van der Waals surface area contributed by atoms with Gasteiger partial charge in [-0.15, -0.1) is 0 Å². The minimum absolute atomic E-state index is 0.0460. The molecule has 0 spiro atoms. The summed E-state index contributed by atoms with van der Waals surface area (Å²) in [5.41, 5.74) is -0.504. The van der Waals surface area contributed by atoms with Crippen LogP contribution in [-0.2, 0) is 0 Å². The van der Waals surface area contributed by atoms with Crippen molar-refractivity contribution in [2.45, 2.75) is 31.2 Å². The Kier molecular flexibility index (Phi) is 3.38. The number of aliphatic hydroxyl groups excluding tert-OH is 1. The smallest absolute Gasteiger partial charge is 0.270 e. The van der Waals surface area contributed by atoms with Crippen LogP contribution in [0.15, 0.2) is 18.2 Å². The van der Waals surface area contributed by atoms with Gasteiger partial charge < -0.3 is 10.4 Å². The number of halogens is 1. The largest absolute Gasteiger partial charge is 0.394 e. The predicted octanol–water partition coefficient (Wildman–Crippen LogP) is 1.26. The number of nitrogens with one attached hydrogen (secondary N) is 1. The van der Waals surface area contributed by atoms with Gasteiger partial charge in [-0.25, -0.2) is 4.98 Å². The van der Waals surface area contributed by atoms with Crippen LogP contribution < -0.4 is 5.32 Å². The molecule has 0 aliphatic heterocycles. The Labute approximate surface area is 98.9 Å². The number of nitrogens with zero attached hydrogens (tertiary/aromatic N) is 1. The number of hydrogen-bond donors (Lipinski definition) is 2. The molecule has 17 heavy (non-hydrogen) atoms. The number of aliphatic hydroxyl groups is 1. The van der Waals surface area contributed by atoms with Crippen LogP contribution in [0.25, 0.3) is 0 Å². The molecular weight excluding hydrogens is 223 g/mol. The fourth-order valence-corrected chi connectivity index (χ4v) is 2.21. The summed E-state index contributed by atoms with van der Waals surface area (Å²) in [6.07, 6.45) is 3.48. The van der Waals surface area contributed by atoms with Gasteiger partial charge in [0.05, 0.1) is 12.1 Å². The maximum absolute atomic E-state index is 12.9. The van der Waals surface area contributed by atoms with Crippen molar-refractivity contribution >= 4 is 5.91 Å². The molecular formula is C12H15FN2O2. The van der Waals surface area contributed by atoms with Crippen LogP contribution in [-0.4, -0.2) is 28.1 Å². The Balaban J connectivity index is 2.11. The molecule has 2 rings (SSSR count). The maximum atomic E-state index is 12.9. The molecule has 0 bridgehead atoms. The topological polar surface area (TPSA) is 62.2 Å². The van der Waals surface area contributed by atoms with E-state index in [1.807, 2.05) is 0 Å². The highest BCUT2D eigenvalue weighted by molar-refractivity contribution is 5.92. The van der Waals surface area contributed by atoms with Crippen molar-refractivity contribution in [1.29, 1.82) is 0 Å². The summed E-state index contributed by atoms with van der Waals surface area (Å²) in [5.74, 6) is -1.11. The van der Waals surface area contributed by atoms with Crippen molar-refractivity contribution in [3.8, 4) is 0 Å². The van der Waals surface area contributed by atoms with Gasteiger partial charge in [-0.05, 0) is 25.0 Å². The zero-order valence-electron chi connectivity index (χ0n) is 9.45. The molecule has 1 aliphatic carbocycles. The van der Waals surface area contributed by atoms with Crippen molar-refractivity contribution in [2.24, 2.45) is 0 Å². The molecule has 1 aliphatic rings. The van der Waals surface area contributed by atoms with E-state index in [2.05, 4.69) is 10.3 Å². The standard InChI is InChI=1S/C12H15FN2O2/c13-10-5-3-4-9(14-10)11(17)15-12(8-16)6-1-2-7-12/h3-5,16H,1-2,6-8H2,(H,15,17). The number of pyridine rings is 1. The first kappa shape index (κ1) is 12.0. The van der Waals surface area contributed by atoms with E-state index in [0.717, 1.165) is 25.7 Å². The van der Waals surface area contributed by atoms with Gasteiger partial charge in [0.2, 0.25) is 5.95 Å². The van der Waals surface area contributed by atoms with E-state index >= 15 is 0 Å². The first-order valence-electron chi connectivity index (χ1n) is 5.71. The van der Waals surface area contributed by atoms with Crippen LogP contribution in [0.4, 0.5) is 4.39 Å². The monoisotopic (exact) mass is 238 g/mol. The van der Waals surface area contributed by atoms with Gasteiger partial charge in [-0.3, -0.25) is 4.79 Å². The number of carbonyl (C=O) groups excluding carboxylic acids is 1. The molecule has 1 aromatic rings. The Bertz CT molecular complexity index is 417. The minimum atomic E-state index is -0.679. The van der Waals surface area contributed by atoms with E-state index in [1.165, 1.54) is 18.2 Å². The van der Waals surface area contributed by atoms with Crippen molar-refractivity contribution in [3.05, 3.63) is 29.8 Å². The third-order valence-electron chi connectivity index (χ3n) is 3.19. The molecule has 1 aromatic heterocycles. The third kappa shape index (κ3) is 2.61. The second-order valence-corrected chi connectivity index (χ2v) is 4.45. The van der Waals surface area contributed by atoms with Crippen LogP contribution in [0, 0.1) is 5.95 Å². The van der Waals surface area contributed by atoms with Crippen LogP contribution in [0.2, 0.25) is 0 Å². The average Bonchev–Trinajstić information content (AvgIpc) is 2.78. The molecule has 0 radical (unpaired) electrons. The predicted molar refractivity (Wildman–Crippen MR) is 59.9 cm³/mol. The fraction of sp³-hybridized carbons (Fsp3) is 0.500. The van der Waals surface area contributed by atoms with Crippen LogP contribution in [0.1, 0.15) is 36.2 Å². The van der Waals surface area contributed by atoms with Gasteiger partial charge in [0.15, 0.2) is 0 Å². The number of rotatable bonds is 3. The molecule has 1 heterocycles. The zero-order valence-corrected chi connectivity index (χ0v) is 9.45. The van der Waals surface area contributed by atoms with Gasteiger partial charge in [0.25, 0.3) is 5.91 Å². The van der Waals surface area contributed by atoms with Crippen molar-refractivity contribution < 1.29 is 14.3 Å². The van der Waals surface area contributed by atoms with E-state index < -0.39 is 17.4 Å². The highest BCUT2D eigenvalue weighted by Gasteiger charge is 2.35. The van der Waals surface area contributed by atoms with Gasteiger partial charge in [0.1, 0.15) is 5.69 Å². The maximum Gasteiger partial charge on any atom is 0.270 e. The lowest BCUT2D eigenvalue weighted by molar-refractivity contribution is 0.0832. The first-order valence-corrected chi connectivity index (χ1v) is 5.71. The van der Waals surface area contributed by atoms with Gasteiger partial charge >= 0.3 is 0 Å². The van der Waals surface area contributed by atoms with Crippen molar-refractivity contribution in [3.63, 3.8) is 0 Å². The first-order chi connectivity index (χ1) is 8.15.